The smallest absolute Gasteiger partial charge is 0.243 e. The standard InChI is InChI=1S/C13H18FN3O3.ClH/c1-20-11(7-15)6-12(18)16-8-13(19)17-10-4-2-3-9(14)5-10;/h2-5,11H,6-8,15H2,1H3,(H,16,18)(H,17,19);1H. The molecule has 0 saturated carbocycles. The average Bonchev–Trinajstić information content (AvgIpc) is 2.42. The van der Waals surface area contributed by atoms with Crippen LogP contribution in [-0.4, -0.2) is 38.1 Å². The monoisotopic (exact) mass is 319 g/mol. The molecule has 0 aliphatic heterocycles. The highest BCUT2D eigenvalue weighted by atomic mass is 35.5. The summed E-state index contributed by atoms with van der Waals surface area (Å²) in [6.45, 7) is 0.0236. The Morgan fingerprint density at radius 1 is 1.38 bits per heavy atom. The number of carbonyl (C=O) groups is 2. The van der Waals surface area contributed by atoms with Crippen molar-refractivity contribution in [3.63, 3.8) is 0 Å². The molecule has 0 radical (unpaired) electrons. The lowest BCUT2D eigenvalue weighted by molar-refractivity contribution is -0.125. The van der Waals surface area contributed by atoms with Gasteiger partial charge in [-0.05, 0) is 18.2 Å². The summed E-state index contributed by atoms with van der Waals surface area (Å²) < 4.78 is 17.9. The summed E-state index contributed by atoms with van der Waals surface area (Å²) >= 11 is 0. The highest BCUT2D eigenvalue weighted by Gasteiger charge is 2.12. The molecule has 1 aromatic rings. The van der Waals surface area contributed by atoms with Crippen LogP contribution in [0.4, 0.5) is 10.1 Å². The zero-order chi connectivity index (χ0) is 15.0. The van der Waals surface area contributed by atoms with E-state index in [9.17, 15) is 14.0 Å². The Kier molecular flexibility index (Phi) is 9.27. The number of anilines is 1. The molecule has 1 rings (SSSR count). The minimum atomic E-state index is -0.447. The van der Waals surface area contributed by atoms with Crippen LogP contribution in [0.15, 0.2) is 24.3 Å². The van der Waals surface area contributed by atoms with Crippen molar-refractivity contribution < 1.29 is 18.7 Å². The van der Waals surface area contributed by atoms with Crippen LogP contribution in [0.2, 0.25) is 0 Å². The molecule has 0 fully saturated rings. The molecule has 0 aromatic heterocycles. The summed E-state index contributed by atoms with van der Waals surface area (Å²) in [7, 11) is 1.46. The number of hydrogen-bond donors (Lipinski definition) is 3. The highest BCUT2D eigenvalue weighted by molar-refractivity contribution is 5.94. The number of ether oxygens (including phenoxy) is 1. The number of rotatable bonds is 7. The zero-order valence-corrected chi connectivity index (χ0v) is 12.4. The van der Waals surface area contributed by atoms with Crippen LogP contribution in [0.1, 0.15) is 6.42 Å². The summed E-state index contributed by atoms with van der Waals surface area (Å²) in [6, 6.07) is 5.50. The highest BCUT2D eigenvalue weighted by Crippen LogP contribution is 2.08. The van der Waals surface area contributed by atoms with Gasteiger partial charge in [-0.1, -0.05) is 6.07 Å². The van der Waals surface area contributed by atoms with Crippen molar-refractivity contribution in [2.24, 2.45) is 5.73 Å². The molecule has 21 heavy (non-hydrogen) atoms. The Morgan fingerprint density at radius 2 is 2.10 bits per heavy atom. The van der Waals surface area contributed by atoms with E-state index in [1.807, 2.05) is 0 Å². The molecule has 0 bridgehead atoms. The lowest BCUT2D eigenvalue weighted by Gasteiger charge is -2.12. The molecule has 118 valence electrons. The van der Waals surface area contributed by atoms with Gasteiger partial charge in [-0.15, -0.1) is 12.4 Å². The molecule has 1 aromatic carbocycles. The van der Waals surface area contributed by atoms with Crippen LogP contribution in [0.3, 0.4) is 0 Å². The van der Waals surface area contributed by atoms with Crippen molar-refractivity contribution in [1.82, 2.24) is 5.32 Å². The molecule has 6 nitrogen and oxygen atoms in total. The van der Waals surface area contributed by atoms with E-state index in [1.165, 1.54) is 25.3 Å². The molecule has 0 heterocycles. The normalized spacial score (nSPS) is 11.2. The second kappa shape index (κ2) is 10.1. The maximum absolute atomic E-state index is 12.9. The van der Waals surface area contributed by atoms with Gasteiger partial charge >= 0.3 is 0 Å². The van der Waals surface area contributed by atoms with Gasteiger partial charge in [0.2, 0.25) is 11.8 Å². The van der Waals surface area contributed by atoms with Gasteiger partial charge in [0.1, 0.15) is 5.82 Å². The molecule has 2 amide bonds. The van der Waals surface area contributed by atoms with Crippen molar-refractivity contribution >= 4 is 29.9 Å². The Morgan fingerprint density at radius 3 is 2.67 bits per heavy atom. The Hall–Kier alpha value is -1.70. The predicted octanol–water partition coefficient (Wildman–Crippen LogP) is 0.666. The average molecular weight is 320 g/mol. The van der Waals surface area contributed by atoms with Crippen molar-refractivity contribution in [2.75, 3.05) is 25.5 Å². The maximum Gasteiger partial charge on any atom is 0.243 e. The van der Waals surface area contributed by atoms with Crippen molar-refractivity contribution in [1.29, 1.82) is 0 Å². The fourth-order valence-corrected chi connectivity index (χ4v) is 1.49. The fraction of sp³-hybridized carbons (Fsp3) is 0.385. The van der Waals surface area contributed by atoms with E-state index in [4.69, 9.17) is 10.5 Å². The van der Waals surface area contributed by atoms with Crippen molar-refractivity contribution in [3.8, 4) is 0 Å². The molecule has 0 aliphatic carbocycles. The fourth-order valence-electron chi connectivity index (χ4n) is 1.49. The van der Waals surface area contributed by atoms with Gasteiger partial charge in [0.15, 0.2) is 0 Å². The third-order valence-electron chi connectivity index (χ3n) is 2.56. The molecule has 1 atom stereocenters. The molecule has 8 heteroatoms. The first-order valence-electron chi connectivity index (χ1n) is 6.10. The Balaban J connectivity index is 0.00000400. The zero-order valence-electron chi connectivity index (χ0n) is 11.6. The number of benzene rings is 1. The van der Waals surface area contributed by atoms with Gasteiger partial charge in [0.25, 0.3) is 0 Å². The largest absolute Gasteiger partial charge is 0.380 e. The number of carbonyl (C=O) groups excluding carboxylic acids is 2. The molecule has 0 aliphatic rings. The van der Waals surface area contributed by atoms with Gasteiger partial charge in [0.05, 0.1) is 19.1 Å². The van der Waals surface area contributed by atoms with Crippen molar-refractivity contribution in [2.45, 2.75) is 12.5 Å². The summed E-state index contributed by atoms with van der Waals surface area (Å²) in [6.07, 6.45) is -0.290. The van der Waals surface area contributed by atoms with Gasteiger partial charge in [-0.3, -0.25) is 9.59 Å². The Labute approximate surface area is 128 Å². The summed E-state index contributed by atoms with van der Waals surface area (Å²) in [4.78, 5) is 23.0. The topological polar surface area (TPSA) is 93.4 Å². The lowest BCUT2D eigenvalue weighted by Crippen LogP contribution is -2.36. The first-order valence-corrected chi connectivity index (χ1v) is 6.10. The summed E-state index contributed by atoms with van der Waals surface area (Å²) in [5.74, 6) is -1.22. The second-order valence-corrected chi connectivity index (χ2v) is 4.13. The molecule has 1 unspecified atom stereocenters. The lowest BCUT2D eigenvalue weighted by atomic mass is 10.2. The predicted molar refractivity (Wildman–Crippen MR) is 79.8 cm³/mol. The second-order valence-electron chi connectivity index (χ2n) is 4.13. The number of nitrogens with one attached hydrogen (secondary N) is 2. The first kappa shape index (κ1) is 19.3. The maximum atomic E-state index is 12.9. The van der Waals surface area contributed by atoms with Crippen LogP contribution in [0.5, 0.6) is 0 Å². The number of hydrogen-bond acceptors (Lipinski definition) is 4. The number of amides is 2. The minimum absolute atomic E-state index is 0. The number of nitrogens with two attached hydrogens (primary N) is 1. The third kappa shape index (κ3) is 7.60. The van der Waals surface area contributed by atoms with E-state index < -0.39 is 11.7 Å². The van der Waals surface area contributed by atoms with Gasteiger partial charge in [-0.25, -0.2) is 4.39 Å². The van der Waals surface area contributed by atoms with Crippen LogP contribution in [-0.2, 0) is 14.3 Å². The van der Waals surface area contributed by atoms with E-state index in [2.05, 4.69) is 10.6 Å². The van der Waals surface area contributed by atoms with Gasteiger partial charge in [0, 0.05) is 19.3 Å². The van der Waals surface area contributed by atoms with E-state index in [0.29, 0.717) is 5.69 Å². The molecule has 0 spiro atoms. The van der Waals surface area contributed by atoms with Crippen LogP contribution >= 0.6 is 12.4 Å². The van der Waals surface area contributed by atoms with Crippen LogP contribution in [0.25, 0.3) is 0 Å². The molecule has 4 N–H and O–H groups in total. The van der Waals surface area contributed by atoms with Crippen LogP contribution in [0, 0.1) is 5.82 Å². The van der Waals surface area contributed by atoms with E-state index in [1.54, 1.807) is 6.07 Å². The Bertz CT molecular complexity index is 470. The quantitative estimate of drug-likeness (QED) is 0.688. The van der Waals surface area contributed by atoms with Crippen molar-refractivity contribution in [3.05, 3.63) is 30.1 Å². The van der Waals surface area contributed by atoms with Gasteiger partial charge in [-0.2, -0.15) is 0 Å². The summed E-state index contributed by atoms with van der Waals surface area (Å²) in [5.41, 5.74) is 5.72. The number of halogens is 2. The molecular formula is C13H19ClFN3O3. The third-order valence-corrected chi connectivity index (χ3v) is 2.56. The van der Waals surface area contributed by atoms with Gasteiger partial charge < -0.3 is 21.1 Å². The van der Waals surface area contributed by atoms with E-state index >= 15 is 0 Å². The minimum Gasteiger partial charge on any atom is -0.380 e. The van der Waals surface area contributed by atoms with E-state index in [0.717, 1.165) is 0 Å². The first-order chi connectivity index (χ1) is 9.55. The van der Waals surface area contributed by atoms with E-state index in [-0.39, 0.29) is 43.9 Å². The molecular weight excluding hydrogens is 301 g/mol. The SMILES string of the molecule is COC(CN)CC(=O)NCC(=O)Nc1cccc(F)c1.Cl. The summed E-state index contributed by atoms with van der Waals surface area (Å²) in [5, 5.41) is 4.91. The number of methoxy groups -OCH3 is 1. The van der Waals surface area contributed by atoms with Crippen LogP contribution < -0.4 is 16.4 Å². The molecule has 0 saturated heterocycles.